The van der Waals surface area contributed by atoms with Crippen LogP contribution in [0.25, 0.3) is 6.08 Å². The molecule has 0 spiro atoms. The van der Waals surface area contributed by atoms with Gasteiger partial charge in [-0.15, -0.1) is 0 Å². The monoisotopic (exact) mass is 285 g/mol. The lowest BCUT2D eigenvalue weighted by molar-refractivity contribution is 0.104. The predicted molar refractivity (Wildman–Crippen MR) is 79.4 cm³/mol. The molecule has 2 N–H and O–H groups in total. The Labute approximate surface area is 122 Å². The van der Waals surface area contributed by atoms with Gasteiger partial charge in [0.15, 0.2) is 11.5 Å². The summed E-state index contributed by atoms with van der Waals surface area (Å²) in [6, 6.07) is 5.36. The fraction of sp³-hybridized carbons (Fsp3) is 0.133. The fourth-order valence-corrected chi connectivity index (χ4v) is 1.68. The number of nitrogens with zero attached hydrogens (tertiary/aromatic N) is 2. The molecule has 0 amide bonds. The van der Waals surface area contributed by atoms with Crippen molar-refractivity contribution in [3.8, 4) is 11.5 Å². The van der Waals surface area contributed by atoms with E-state index in [2.05, 4.69) is 9.97 Å². The second-order valence-corrected chi connectivity index (χ2v) is 4.14. The number of nitrogen functional groups attached to an aromatic ring is 1. The van der Waals surface area contributed by atoms with E-state index >= 15 is 0 Å². The molecule has 21 heavy (non-hydrogen) atoms. The molecule has 0 fully saturated rings. The van der Waals surface area contributed by atoms with Crippen LogP contribution in [-0.4, -0.2) is 30.0 Å². The number of ether oxygens (including phenoxy) is 2. The lowest BCUT2D eigenvalue weighted by Crippen LogP contribution is -2.01. The van der Waals surface area contributed by atoms with E-state index in [-0.39, 0.29) is 17.3 Å². The fourth-order valence-electron chi connectivity index (χ4n) is 1.68. The Hall–Kier alpha value is -2.89. The van der Waals surface area contributed by atoms with Crippen LogP contribution in [0.3, 0.4) is 0 Å². The molecule has 2 aromatic rings. The van der Waals surface area contributed by atoms with Crippen LogP contribution in [0.2, 0.25) is 0 Å². The van der Waals surface area contributed by atoms with Gasteiger partial charge < -0.3 is 15.2 Å². The van der Waals surface area contributed by atoms with E-state index in [0.717, 1.165) is 5.56 Å². The molecule has 0 aliphatic heterocycles. The third-order valence-electron chi connectivity index (χ3n) is 2.76. The first-order valence-corrected chi connectivity index (χ1v) is 6.16. The molecule has 1 aromatic carbocycles. The molecule has 1 aromatic heterocycles. The van der Waals surface area contributed by atoms with Gasteiger partial charge >= 0.3 is 0 Å². The second-order valence-electron chi connectivity index (χ2n) is 4.14. The van der Waals surface area contributed by atoms with Crippen molar-refractivity contribution in [3.63, 3.8) is 0 Å². The van der Waals surface area contributed by atoms with Gasteiger partial charge in [-0.3, -0.25) is 4.79 Å². The van der Waals surface area contributed by atoms with Crippen molar-refractivity contribution < 1.29 is 14.3 Å². The number of anilines is 1. The summed E-state index contributed by atoms with van der Waals surface area (Å²) in [6.45, 7) is 0. The summed E-state index contributed by atoms with van der Waals surface area (Å²) in [6.07, 6.45) is 5.78. The number of methoxy groups -OCH3 is 2. The highest BCUT2D eigenvalue weighted by Gasteiger charge is 2.05. The molecule has 0 unspecified atom stereocenters. The molecule has 6 nitrogen and oxygen atoms in total. The highest BCUT2D eigenvalue weighted by Crippen LogP contribution is 2.27. The van der Waals surface area contributed by atoms with Crippen LogP contribution in [0.4, 0.5) is 5.82 Å². The number of hydrogen-bond acceptors (Lipinski definition) is 6. The number of carbonyl (C=O) groups excluding carboxylic acids is 1. The number of nitrogens with two attached hydrogens (primary N) is 1. The first-order chi connectivity index (χ1) is 10.1. The Kier molecular flexibility index (Phi) is 4.50. The number of rotatable bonds is 5. The summed E-state index contributed by atoms with van der Waals surface area (Å²) >= 11 is 0. The zero-order chi connectivity index (χ0) is 15.2. The Morgan fingerprint density at radius 3 is 2.52 bits per heavy atom. The van der Waals surface area contributed by atoms with Crippen molar-refractivity contribution in [2.24, 2.45) is 0 Å². The molecule has 0 atom stereocenters. The van der Waals surface area contributed by atoms with Gasteiger partial charge in [0.25, 0.3) is 0 Å². The van der Waals surface area contributed by atoms with E-state index < -0.39 is 0 Å². The maximum Gasteiger partial charge on any atom is 0.205 e. The van der Waals surface area contributed by atoms with Crippen molar-refractivity contribution in [3.05, 3.63) is 47.9 Å². The van der Waals surface area contributed by atoms with Crippen LogP contribution in [-0.2, 0) is 0 Å². The molecule has 108 valence electrons. The zero-order valence-corrected chi connectivity index (χ0v) is 11.7. The lowest BCUT2D eigenvalue weighted by Gasteiger charge is -2.07. The van der Waals surface area contributed by atoms with Crippen LogP contribution in [0, 0.1) is 0 Å². The lowest BCUT2D eigenvalue weighted by atomic mass is 10.1. The van der Waals surface area contributed by atoms with Gasteiger partial charge in [0.05, 0.1) is 26.6 Å². The highest BCUT2D eigenvalue weighted by atomic mass is 16.5. The van der Waals surface area contributed by atoms with E-state index in [1.54, 1.807) is 32.4 Å². The molecule has 0 aliphatic carbocycles. The SMILES string of the molecule is COc1ccc(/C=C/C(=O)c2cnc(N)cn2)cc1OC. The smallest absolute Gasteiger partial charge is 0.205 e. The number of allylic oxidation sites excluding steroid dienone is 1. The molecular weight excluding hydrogens is 270 g/mol. The summed E-state index contributed by atoms with van der Waals surface area (Å²) in [4.78, 5) is 19.7. The number of aromatic nitrogens is 2. The topological polar surface area (TPSA) is 87.3 Å². The van der Waals surface area contributed by atoms with Crippen molar-refractivity contribution in [1.29, 1.82) is 0 Å². The Morgan fingerprint density at radius 2 is 1.90 bits per heavy atom. The molecular formula is C15H15N3O3. The molecule has 6 heteroatoms. The molecule has 0 saturated heterocycles. The largest absolute Gasteiger partial charge is 0.493 e. The normalized spacial score (nSPS) is 10.6. The number of ketones is 1. The van der Waals surface area contributed by atoms with Gasteiger partial charge in [-0.05, 0) is 23.8 Å². The van der Waals surface area contributed by atoms with Gasteiger partial charge in [-0.1, -0.05) is 12.1 Å². The third-order valence-corrected chi connectivity index (χ3v) is 2.76. The van der Waals surface area contributed by atoms with Crippen LogP contribution in [0.1, 0.15) is 16.1 Å². The molecule has 0 saturated carbocycles. The first-order valence-electron chi connectivity index (χ1n) is 6.16. The van der Waals surface area contributed by atoms with E-state index in [4.69, 9.17) is 15.2 Å². The second kappa shape index (κ2) is 6.51. The van der Waals surface area contributed by atoms with E-state index in [1.165, 1.54) is 18.5 Å². The van der Waals surface area contributed by atoms with Gasteiger partial charge in [-0.25, -0.2) is 9.97 Å². The minimum atomic E-state index is -0.253. The van der Waals surface area contributed by atoms with Crippen LogP contribution in [0.15, 0.2) is 36.7 Å². The highest BCUT2D eigenvalue weighted by molar-refractivity contribution is 6.05. The van der Waals surface area contributed by atoms with Gasteiger partial charge in [0, 0.05) is 0 Å². The van der Waals surface area contributed by atoms with Crippen molar-refractivity contribution >= 4 is 17.7 Å². The number of benzene rings is 1. The summed E-state index contributed by atoms with van der Waals surface area (Å²) < 4.78 is 10.4. The maximum absolute atomic E-state index is 11.9. The first kappa shape index (κ1) is 14.5. The van der Waals surface area contributed by atoms with E-state index in [9.17, 15) is 4.79 Å². The Morgan fingerprint density at radius 1 is 1.14 bits per heavy atom. The summed E-state index contributed by atoms with van der Waals surface area (Å²) in [7, 11) is 3.12. The van der Waals surface area contributed by atoms with E-state index in [0.29, 0.717) is 11.5 Å². The summed E-state index contributed by atoms with van der Waals surface area (Å²) in [5.74, 6) is 1.25. The third kappa shape index (κ3) is 3.56. The number of carbonyl (C=O) groups is 1. The Balaban J connectivity index is 2.17. The molecule has 0 bridgehead atoms. The summed E-state index contributed by atoms with van der Waals surface area (Å²) in [5.41, 5.74) is 6.47. The van der Waals surface area contributed by atoms with Gasteiger partial charge in [-0.2, -0.15) is 0 Å². The maximum atomic E-state index is 11.9. The van der Waals surface area contributed by atoms with Crippen LogP contribution >= 0.6 is 0 Å². The van der Waals surface area contributed by atoms with Gasteiger partial charge in [0.1, 0.15) is 11.5 Å². The summed E-state index contributed by atoms with van der Waals surface area (Å²) in [5, 5.41) is 0. The van der Waals surface area contributed by atoms with E-state index in [1.807, 2.05) is 6.07 Å². The van der Waals surface area contributed by atoms with Crippen LogP contribution < -0.4 is 15.2 Å². The minimum Gasteiger partial charge on any atom is -0.493 e. The number of hydrogen-bond donors (Lipinski definition) is 1. The van der Waals surface area contributed by atoms with Crippen molar-refractivity contribution in [2.45, 2.75) is 0 Å². The molecule has 2 rings (SSSR count). The quantitative estimate of drug-likeness (QED) is 0.667. The predicted octanol–water partition coefficient (Wildman–Crippen LogP) is 1.97. The minimum absolute atomic E-state index is 0.237. The standard InChI is InChI=1S/C15H15N3O3/c1-20-13-6-4-10(7-14(13)21-2)3-5-12(19)11-8-18-15(16)9-17-11/h3-9H,1-2H3,(H2,16,18)/b5-3+. The zero-order valence-electron chi connectivity index (χ0n) is 11.7. The van der Waals surface area contributed by atoms with Crippen molar-refractivity contribution in [1.82, 2.24) is 9.97 Å². The van der Waals surface area contributed by atoms with Crippen LogP contribution in [0.5, 0.6) is 11.5 Å². The molecule has 0 radical (unpaired) electrons. The molecule has 0 aliphatic rings. The molecule has 1 heterocycles. The average Bonchev–Trinajstić information content (AvgIpc) is 2.52. The average molecular weight is 285 g/mol. The Bertz CT molecular complexity index is 666. The van der Waals surface area contributed by atoms with Crippen molar-refractivity contribution in [2.75, 3.05) is 20.0 Å². The van der Waals surface area contributed by atoms with Gasteiger partial charge in [0.2, 0.25) is 5.78 Å².